The van der Waals surface area contributed by atoms with Crippen molar-refractivity contribution in [3.8, 4) is 0 Å². The Bertz CT molecular complexity index is 1610. The van der Waals surface area contributed by atoms with Gasteiger partial charge >= 0.3 is 5.97 Å². The van der Waals surface area contributed by atoms with E-state index >= 15 is 0 Å². The Morgan fingerprint density at radius 3 is 1.33 bits per heavy atom. The van der Waals surface area contributed by atoms with E-state index in [9.17, 15) is 24.8 Å². The van der Waals surface area contributed by atoms with Crippen LogP contribution in [-0.2, 0) is 9.53 Å². The highest BCUT2D eigenvalue weighted by molar-refractivity contribution is 8.76. The highest BCUT2D eigenvalue weighted by Gasteiger charge is 2.21. The molecule has 498 valence electrons. The first kappa shape index (κ1) is 81.6. The van der Waals surface area contributed by atoms with Gasteiger partial charge in [-0.3, -0.25) is 24.4 Å². The number of aliphatic hydroxyl groups excluding tert-OH is 2. The number of nitroso groups, excluding NO2 is 2. The Morgan fingerprint density at radius 2 is 0.849 bits per heavy atom. The summed E-state index contributed by atoms with van der Waals surface area (Å²) in [5.41, 5.74) is 0. The van der Waals surface area contributed by atoms with Gasteiger partial charge < -0.3 is 14.9 Å². The molecular formula is C72H132N6O6S2. The molecule has 4 unspecified atom stereocenters. The summed E-state index contributed by atoms with van der Waals surface area (Å²) in [7, 11) is 3.91. The summed E-state index contributed by atoms with van der Waals surface area (Å²) < 4.78 is 5.73. The van der Waals surface area contributed by atoms with Crippen LogP contribution in [0.2, 0.25) is 0 Å². The molecule has 0 amide bonds. The van der Waals surface area contributed by atoms with Crippen molar-refractivity contribution < 1.29 is 19.7 Å². The number of esters is 1. The molecule has 0 aromatic rings. The Hall–Kier alpha value is -2.43. The summed E-state index contributed by atoms with van der Waals surface area (Å²) in [6, 6.07) is -0.661. The summed E-state index contributed by atoms with van der Waals surface area (Å²) in [5, 5.41) is 29.0. The molecule has 1 fully saturated rings. The fraction of sp³-hybridized carbons (Fsp3) is 0.819. The minimum Gasteiger partial charge on any atom is -0.464 e. The number of allylic oxidation sites excluding steroid dienone is 12. The molecule has 0 bridgehead atoms. The number of unbranched alkanes of at least 4 members (excludes halogenated alkanes) is 19. The van der Waals surface area contributed by atoms with Crippen LogP contribution in [0.25, 0.3) is 0 Å². The van der Waals surface area contributed by atoms with E-state index in [1.807, 2.05) is 21.6 Å². The lowest BCUT2D eigenvalue weighted by atomic mass is 10.0. The third kappa shape index (κ3) is 54.5. The molecule has 2 N–H and O–H groups in total. The highest BCUT2D eigenvalue weighted by atomic mass is 33.1. The van der Waals surface area contributed by atoms with E-state index in [2.05, 4.69) is 131 Å². The SMILES string of the molecule is CC/C=C\C/C=C\C/C=C\CCCCCCC(CN(CCCCC(=O)OCCN1CCN(CCSSCCCN(CC(O)CCCCCCCC)CC(O)CCCCCCCC)CC1)CC(CCCCCC/C=C\C/C=C\C/C=C\CC)N=O)N=O. The van der Waals surface area contributed by atoms with Gasteiger partial charge in [-0.15, -0.1) is 0 Å². The number of carbonyl (C=O) groups is 1. The number of hydrogen-bond acceptors (Lipinski definition) is 14. The van der Waals surface area contributed by atoms with Crippen LogP contribution in [0.5, 0.6) is 0 Å². The van der Waals surface area contributed by atoms with Crippen LogP contribution >= 0.6 is 21.6 Å². The third-order valence-electron chi connectivity index (χ3n) is 16.3. The fourth-order valence-corrected chi connectivity index (χ4v) is 13.1. The molecule has 0 aliphatic carbocycles. The predicted molar refractivity (Wildman–Crippen MR) is 377 cm³/mol. The maximum Gasteiger partial charge on any atom is 0.305 e. The molecule has 12 nitrogen and oxygen atoms in total. The lowest BCUT2D eigenvalue weighted by Crippen LogP contribution is -2.47. The number of hydrogen-bond donors (Lipinski definition) is 2. The van der Waals surface area contributed by atoms with Crippen molar-refractivity contribution in [3.63, 3.8) is 0 Å². The first-order valence-electron chi connectivity index (χ1n) is 35.5. The molecule has 1 rings (SSSR count). The quantitative estimate of drug-likeness (QED) is 0.0197. The van der Waals surface area contributed by atoms with Crippen molar-refractivity contribution in [1.82, 2.24) is 19.6 Å². The zero-order valence-electron chi connectivity index (χ0n) is 55.8. The van der Waals surface area contributed by atoms with Crippen molar-refractivity contribution in [2.75, 3.05) is 96.6 Å². The molecular weight excluding hydrogens is 1110 g/mol. The summed E-state index contributed by atoms with van der Waals surface area (Å²) in [6.07, 6.45) is 63.9. The van der Waals surface area contributed by atoms with Crippen LogP contribution in [0, 0.1) is 9.81 Å². The minimum atomic E-state index is -0.331. The number of carbonyl (C=O) groups excluding carboxylic acids is 1. The highest BCUT2D eigenvalue weighted by Crippen LogP contribution is 2.23. The van der Waals surface area contributed by atoms with Gasteiger partial charge in [0.15, 0.2) is 0 Å². The van der Waals surface area contributed by atoms with Gasteiger partial charge in [0.1, 0.15) is 18.7 Å². The van der Waals surface area contributed by atoms with Crippen LogP contribution < -0.4 is 0 Å². The third-order valence-corrected chi connectivity index (χ3v) is 18.8. The van der Waals surface area contributed by atoms with E-state index < -0.39 is 0 Å². The largest absolute Gasteiger partial charge is 0.464 e. The maximum atomic E-state index is 12.9. The molecule has 0 aromatic heterocycles. The number of ether oxygens (including phenoxy) is 1. The van der Waals surface area contributed by atoms with E-state index in [4.69, 9.17) is 4.74 Å². The number of nitrogens with zero attached hydrogens (tertiary/aromatic N) is 6. The molecule has 14 heteroatoms. The van der Waals surface area contributed by atoms with Gasteiger partial charge in [-0.2, -0.15) is 9.81 Å². The molecule has 1 heterocycles. The number of aliphatic hydroxyl groups is 2. The second kappa shape index (κ2) is 64.1. The van der Waals surface area contributed by atoms with Crippen molar-refractivity contribution in [2.45, 2.75) is 283 Å². The van der Waals surface area contributed by atoms with Gasteiger partial charge in [-0.25, -0.2) is 0 Å². The van der Waals surface area contributed by atoms with E-state index in [-0.39, 0.29) is 30.3 Å². The number of rotatable bonds is 64. The lowest BCUT2D eigenvalue weighted by Gasteiger charge is -2.34. The molecule has 86 heavy (non-hydrogen) atoms. The van der Waals surface area contributed by atoms with Crippen LogP contribution in [0.1, 0.15) is 259 Å². The van der Waals surface area contributed by atoms with Crippen molar-refractivity contribution in [1.29, 1.82) is 0 Å². The average Bonchev–Trinajstić information content (AvgIpc) is 3.63. The normalized spacial score (nSPS) is 15.3. The lowest BCUT2D eigenvalue weighted by molar-refractivity contribution is -0.144. The van der Waals surface area contributed by atoms with E-state index in [0.29, 0.717) is 52.2 Å². The molecule has 0 spiro atoms. The summed E-state index contributed by atoms with van der Waals surface area (Å²) in [5.74, 6) is 2.00. The number of piperazine rings is 1. The van der Waals surface area contributed by atoms with Crippen molar-refractivity contribution in [3.05, 3.63) is 82.7 Å². The molecule has 1 saturated heterocycles. The summed E-state index contributed by atoms with van der Waals surface area (Å²) >= 11 is 0. The average molecular weight is 1240 g/mol. The Morgan fingerprint density at radius 1 is 0.453 bits per heavy atom. The predicted octanol–water partition coefficient (Wildman–Crippen LogP) is 18.6. The Kier molecular flexibility index (Phi) is 60.8. The Labute approximate surface area is 536 Å². The molecule has 0 radical (unpaired) electrons. The molecule has 0 saturated carbocycles. The second-order valence-electron chi connectivity index (χ2n) is 24.4. The van der Waals surface area contributed by atoms with Gasteiger partial charge in [-0.1, -0.05) is 248 Å². The monoisotopic (exact) mass is 1240 g/mol. The van der Waals surface area contributed by atoms with Gasteiger partial charge in [0.2, 0.25) is 0 Å². The van der Waals surface area contributed by atoms with Gasteiger partial charge in [-0.05, 0) is 122 Å². The van der Waals surface area contributed by atoms with Gasteiger partial charge in [0.05, 0.1) is 12.2 Å². The Balaban J connectivity index is 2.48. The zero-order valence-corrected chi connectivity index (χ0v) is 57.5. The van der Waals surface area contributed by atoms with E-state index in [0.717, 1.165) is 211 Å². The minimum absolute atomic E-state index is 0.162. The smallest absolute Gasteiger partial charge is 0.305 e. The van der Waals surface area contributed by atoms with Crippen LogP contribution in [0.15, 0.2) is 83.3 Å². The summed E-state index contributed by atoms with van der Waals surface area (Å²) in [6.45, 7) is 19.0. The van der Waals surface area contributed by atoms with E-state index in [1.54, 1.807) is 0 Å². The van der Waals surface area contributed by atoms with Crippen molar-refractivity contribution >= 4 is 27.6 Å². The molecule has 0 aromatic carbocycles. The maximum absolute atomic E-state index is 12.9. The van der Waals surface area contributed by atoms with Gasteiger partial charge in [0, 0.05) is 83.4 Å². The standard InChI is InChI=1S/C72H132N6O6S2/c1-5-9-13-17-21-23-25-27-29-31-33-35-37-41-48-68(73-82)64-77(65-69(74-83)49-42-38-36-34-32-30-28-26-24-22-18-14-10-6-2)53-46-45-52-72(81)84-61-59-75-55-57-76(58-56-75)60-63-86-85-62-47-54-78(66-70(79)50-43-39-19-15-11-7-3)67-71(80)51-44-40-20-16-12-8-4/h9-10,13-14,21-24,27-30,68-71,79-80H,5-8,11-12,15-20,25-26,31-67H2,1-4H3/b13-9-,14-10-,23-21-,24-22-,29-27-,30-28-. The van der Waals surface area contributed by atoms with Crippen LogP contribution in [0.3, 0.4) is 0 Å². The molecule has 4 atom stereocenters. The molecule has 1 aliphatic heterocycles. The first-order chi connectivity index (χ1) is 42.3. The van der Waals surface area contributed by atoms with Crippen LogP contribution in [0.4, 0.5) is 0 Å². The van der Waals surface area contributed by atoms with E-state index in [1.165, 1.54) is 64.2 Å². The first-order valence-corrected chi connectivity index (χ1v) is 38.0. The topological polar surface area (TPSA) is 139 Å². The zero-order chi connectivity index (χ0) is 62.3. The second-order valence-corrected chi connectivity index (χ2v) is 27.1. The van der Waals surface area contributed by atoms with Crippen molar-refractivity contribution in [2.24, 2.45) is 10.4 Å². The van der Waals surface area contributed by atoms with Gasteiger partial charge in [0.25, 0.3) is 0 Å². The summed E-state index contributed by atoms with van der Waals surface area (Å²) in [4.78, 5) is 46.7. The van der Waals surface area contributed by atoms with Crippen LogP contribution in [-0.4, -0.2) is 157 Å². The fourth-order valence-electron chi connectivity index (χ4n) is 11.0. The molecule has 1 aliphatic rings.